The molecule has 0 saturated carbocycles. The summed E-state index contributed by atoms with van der Waals surface area (Å²) in [5.41, 5.74) is 18.4. The zero-order chi connectivity index (χ0) is 61.8. The van der Waals surface area contributed by atoms with Crippen molar-refractivity contribution >= 4 is 59.0 Å². The lowest BCUT2D eigenvalue weighted by Crippen LogP contribution is -2.31. The Hall–Kier alpha value is -8.28. The standard InChI is InChI=1S/2C21H21NO.C20H18BrN.C20H19NO/c2*1-22-12-19-10-15(14-23)6-9-20(19)21(13-22)18-8-7-16-4-2-3-5-17(16)11-18;1-22-12-17-11-18(21)8-9-19(17)20(13-22)16-7-6-14-4-2-3-5-15(14)10-16;1-21-12-17-11-18(22)8-9-19(17)20(13-21)16-7-6-14-4-2-3-5-15(14)10-16/h2*2-11,21,23H,12-14H2,1H3;2-11,20H,12-13H2,1H3;2-11,20,22H,12-13H2,1H3/t21-;;;20-/m0..0/s1. The van der Waals surface area contributed by atoms with Gasteiger partial charge < -0.3 is 34.9 Å². The Morgan fingerprint density at radius 3 is 0.911 bits per heavy atom. The summed E-state index contributed by atoms with van der Waals surface area (Å²) in [6.45, 7) is 8.19. The third-order valence-corrected chi connectivity index (χ3v) is 19.4. The summed E-state index contributed by atoms with van der Waals surface area (Å²) in [5.74, 6) is 1.94. The van der Waals surface area contributed by atoms with Crippen molar-refractivity contribution in [2.75, 3.05) is 54.4 Å². The van der Waals surface area contributed by atoms with Gasteiger partial charge in [0, 0.05) is 80.5 Å². The summed E-state index contributed by atoms with van der Waals surface area (Å²) in [6, 6.07) is 86.7. The molecule has 4 aliphatic heterocycles. The molecule has 4 aliphatic rings. The monoisotopic (exact) mass is 1250 g/mol. The number of phenolic OH excluding ortho intramolecular Hbond substituents is 1. The zero-order valence-corrected chi connectivity index (χ0v) is 53.6. The minimum atomic E-state index is 0.109. The molecule has 0 radical (unpaired) electrons. The fourth-order valence-electron chi connectivity index (χ4n) is 14.5. The van der Waals surface area contributed by atoms with Crippen molar-refractivity contribution in [3.05, 3.63) is 325 Å². The second kappa shape index (κ2) is 27.0. The number of phenols is 1. The van der Waals surface area contributed by atoms with Gasteiger partial charge >= 0.3 is 0 Å². The first kappa shape index (κ1) is 60.6. The van der Waals surface area contributed by atoms with Crippen molar-refractivity contribution in [1.29, 1.82) is 0 Å². The summed E-state index contributed by atoms with van der Waals surface area (Å²) in [6.07, 6.45) is 0. The Morgan fingerprint density at radius 2 is 0.589 bits per heavy atom. The Morgan fingerprint density at radius 1 is 0.311 bits per heavy atom. The van der Waals surface area contributed by atoms with E-state index in [1.165, 1.54) is 114 Å². The number of nitrogens with zero attached hydrogens (tertiary/aromatic N) is 4. The van der Waals surface area contributed by atoms with E-state index in [2.05, 4.69) is 294 Å². The van der Waals surface area contributed by atoms with E-state index in [1.54, 1.807) is 6.07 Å². The molecule has 2 unspecified atom stereocenters. The SMILES string of the molecule is CN1Cc2cc(Br)ccc2C(c2ccc3ccccc3c2)C1.CN1Cc2cc(CO)ccc2C(c2ccc3ccccc3c2)C1.CN1Cc2cc(CO)ccc2[C@H](c2ccc3ccccc3c2)C1.CN1Cc2cc(O)ccc2[C@H](c2ccc3ccccc3c2)C1. The summed E-state index contributed by atoms with van der Waals surface area (Å²) >= 11 is 3.60. The van der Waals surface area contributed by atoms with Crippen LogP contribution in [0.3, 0.4) is 0 Å². The molecule has 4 atom stereocenters. The minimum Gasteiger partial charge on any atom is -0.508 e. The molecule has 0 spiro atoms. The maximum absolute atomic E-state index is 9.75. The topological polar surface area (TPSA) is 73.7 Å². The van der Waals surface area contributed by atoms with Gasteiger partial charge in [0.15, 0.2) is 0 Å². The maximum Gasteiger partial charge on any atom is 0.115 e. The number of hydrogen-bond donors (Lipinski definition) is 3. The molecule has 90 heavy (non-hydrogen) atoms. The lowest BCUT2D eigenvalue weighted by atomic mass is 9.83. The molecule has 0 aromatic heterocycles. The van der Waals surface area contributed by atoms with Gasteiger partial charge in [0.1, 0.15) is 5.75 Å². The van der Waals surface area contributed by atoms with Gasteiger partial charge in [-0.25, -0.2) is 0 Å². The molecule has 0 aliphatic carbocycles. The average molecular weight is 1250 g/mol. The summed E-state index contributed by atoms with van der Waals surface area (Å²) in [7, 11) is 8.68. The van der Waals surface area contributed by atoms with Crippen LogP contribution in [0.1, 0.15) is 102 Å². The van der Waals surface area contributed by atoms with Crippen molar-refractivity contribution in [3.63, 3.8) is 0 Å². The van der Waals surface area contributed by atoms with Crippen LogP contribution in [0.25, 0.3) is 43.1 Å². The van der Waals surface area contributed by atoms with E-state index in [1.807, 2.05) is 6.07 Å². The van der Waals surface area contributed by atoms with Crippen LogP contribution >= 0.6 is 15.9 Å². The predicted molar refractivity (Wildman–Crippen MR) is 375 cm³/mol. The third-order valence-electron chi connectivity index (χ3n) is 19.0. The van der Waals surface area contributed by atoms with Crippen LogP contribution in [0.5, 0.6) is 5.75 Å². The number of benzene rings is 12. The number of aliphatic hydroxyl groups is 2. The molecule has 16 rings (SSSR count). The Kier molecular flexibility index (Phi) is 18.2. The number of aromatic hydroxyl groups is 1. The van der Waals surface area contributed by atoms with Crippen LogP contribution < -0.4 is 0 Å². The highest BCUT2D eigenvalue weighted by Gasteiger charge is 2.29. The first-order chi connectivity index (χ1) is 43.9. The third kappa shape index (κ3) is 13.4. The van der Waals surface area contributed by atoms with Gasteiger partial charge in [-0.1, -0.05) is 234 Å². The predicted octanol–water partition coefficient (Wildman–Crippen LogP) is 17.1. The van der Waals surface area contributed by atoms with Crippen molar-refractivity contribution in [3.8, 4) is 5.75 Å². The largest absolute Gasteiger partial charge is 0.508 e. The number of aliphatic hydroxyl groups excluding tert-OH is 2. The van der Waals surface area contributed by atoms with Crippen molar-refractivity contribution in [1.82, 2.24) is 19.6 Å². The molecule has 0 amide bonds. The van der Waals surface area contributed by atoms with E-state index in [-0.39, 0.29) is 13.2 Å². The number of halogens is 1. The van der Waals surface area contributed by atoms with Gasteiger partial charge in [0.2, 0.25) is 0 Å². The molecule has 0 fully saturated rings. The maximum atomic E-state index is 9.75. The van der Waals surface area contributed by atoms with Crippen LogP contribution in [0, 0.1) is 0 Å². The van der Waals surface area contributed by atoms with Gasteiger partial charge in [-0.15, -0.1) is 0 Å². The lowest BCUT2D eigenvalue weighted by molar-refractivity contribution is 0.278. The van der Waals surface area contributed by atoms with Crippen LogP contribution in [-0.4, -0.2) is 89.3 Å². The van der Waals surface area contributed by atoms with E-state index < -0.39 is 0 Å². The van der Waals surface area contributed by atoms with Gasteiger partial charge in [-0.05, 0) is 173 Å². The number of hydrogen-bond acceptors (Lipinski definition) is 7. The minimum absolute atomic E-state index is 0.109. The molecule has 12 aromatic rings. The normalized spacial score (nSPS) is 18.2. The van der Waals surface area contributed by atoms with Crippen molar-refractivity contribution in [2.45, 2.75) is 63.1 Å². The molecule has 0 bridgehead atoms. The molecule has 452 valence electrons. The highest BCUT2D eigenvalue weighted by molar-refractivity contribution is 9.10. The van der Waals surface area contributed by atoms with Crippen LogP contribution in [-0.2, 0) is 39.4 Å². The van der Waals surface area contributed by atoms with Crippen molar-refractivity contribution in [2.24, 2.45) is 0 Å². The van der Waals surface area contributed by atoms with Crippen LogP contribution in [0.2, 0.25) is 0 Å². The Balaban J connectivity index is 0.000000110. The molecule has 8 heteroatoms. The van der Waals surface area contributed by atoms with Gasteiger partial charge in [0.25, 0.3) is 0 Å². The highest BCUT2D eigenvalue weighted by Crippen LogP contribution is 2.40. The van der Waals surface area contributed by atoms with E-state index >= 15 is 0 Å². The second-order valence-electron chi connectivity index (χ2n) is 25.5. The van der Waals surface area contributed by atoms with Gasteiger partial charge in [-0.3, -0.25) is 0 Å². The number of fused-ring (bicyclic) bond motifs is 8. The first-order valence-corrected chi connectivity index (χ1v) is 32.4. The summed E-state index contributed by atoms with van der Waals surface area (Å²) in [5, 5.41) is 38.9. The number of rotatable bonds is 6. The Bertz CT molecular complexity index is 4260. The lowest BCUT2D eigenvalue weighted by Gasteiger charge is -2.33. The molecule has 12 aromatic carbocycles. The second-order valence-corrected chi connectivity index (χ2v) is 26.4. The fourth-order valence-corrected chi connectivity index (χ4v) is 14.9. The van der Waals surface area contributed by atoms with Crippen LogP contribution in [0.15, 0.2) is 247 Å². The molecule has 0 saturated heterocycles. The molecular weight excluding hydrogens is 1170 g/mol. The molecular formula is C82H79BrN4O3. The first-order valence-electron chi connectivity index (χ1n) is 31.6. The smallest absolute Gasteiger partial charge is 0.115 e. The summed E-state index contributed by atoms with van der Waals surface area (Å²) in [4.78, 5) is 9.46. The van der Waals surface area contributed by atoms with Gasteiger partial charge in [0.05, 0.1) is 13.2 Å². The zero-order valence-electron chi connectivity index (χ0n) is 52.0. The van der Waals surface area contributed by atoms with Gasteiger partial charge in [-0.2, -0.15) is 0 Å². The Labute approximate surface area is 538 Å². The number of likely N-dealkylation sites (N-methyl/N-ethyl adjacent to an activating group) is 4. The van der Waals surface area contributed by atoms with E-state index in [4.69, 9.17) is 0 Å². The quantitative estimate of drug-likeness (QED) is 0.153. The van der Waals surface area contributed by atoms with E-state index in [0.717, 1.165) is 63.5 Å². The molecule has 3 N–H and O–H groups in total. The molecule has 4 heterocycles. The highest BCUT2D eigenvalue weighted by atomic mass is 79.9. The average Bonchev–Trinajstić information content (AvgIpc) is 0.946. The molecule has 7 nitrogen and oxygen atoms in total. The summed E-state index contributed by atoms with van der Waals surface area (Å²) < 4.78 is 1.17. The van der Waals surface area contributed by atoms with E-state index in [9.17, 15) is 15.3 Å². The van der Waals surface area contributed by atoms with E-state index in [0.29, 0.717) is 29.4 Å². The van der Waals surface area contributed by atoms with Crippen LogP contribution in [0.4, 0.5) is 0 Å². The van der Waals surface area contributed by atoms with Crippen molar-refractivity contribution < 1.29 is 15.3 Å². The fraction of sp³-hybridized carbons (Fsp3) is 0.220.